The van der Waals surface area contributed by atoms with Crippen LogP contribution in [0.4, 0.5) is 0 Å². The van der Waals surface area contributed by atoms with E-state index < -0.39 is 5.41 Å². The molecule has 80 valence electrons. The molecule has 0 aromatic heterocycles. The summed E-state index contributed by atoms with van der Waals surface area (Å²) >= 11 is 11.7. The third-order valence-electron chi connectivity index (χ3n) is 3.15. The zero-order valence-electron chi connectivity index (χ0n) is 8.09. The monoisotopic (exact) mass is 243 g/mol. The Balaban J connectivity index is 2.44. The molecule has 0 spiro atoms. The van der Waals surface area contributed by atoms with Crippen LogP contribution in [0.5, 0.6) is 0 Å². The maximum absolute atomic E-state index is 11.4. The minimum atomic E-state index is -0.506. The second-order valence-corrected chi connectivity index (χ2v) is 4.74. The maximum atomic E-state index is 11.4. The minimum absolute atomic E-state index is 0.271. The number of benzene rings is 1. The van der Waals surface area contributed by atoms with Crippen LogP contribution in [0.2, 0.25) is 10.0 Å². The molecule has 0 unspecified atom stereocenters. The number of primary amides is 1. The van der Waals surface area contributed by atoms with Crippen molar-refractivity contribution in [3.63, 3.8) is 0 Å². The molecule has 0 heterocycles. The SMILES string of the molecule is NC(=O)C1(c2ccc(Cl)c(Cl)c2)CCC1. The van der Waals surface area contributed by atoms with E-state index in [-0.39, 0.29) is 5.91 Å². The minimum Gasteiger partial charge on any atom is -0.369 e. The maximum Gasteiger partial charge on any atom is 0.228 e. The van der Waals surface area contributed by atoms with Gasteiger partial charge in [-0.2, -0.15) is 0 Å². The normalized spacial score (nSPS) is 18.3. The smallest absolute Gasteiger partial charge is 0.228 e. The summed E-state index contributed by atoms with van der Waals surface area (Å²) in [4.78, 5) is 11.4. The van der Waals surface area contributed by atoms with Crippen molar-refractivity contribution in [3.8, 4) is 0 Å². The van der Waals surface area contributed by atoms with Gasteiger partial charge in [-0.25, -0.2) is 0 Å². The third-order valence-corrected chi connectivity index (χ3v) is 3.89. The average Bonchev–Trinajstić information content (AvgIpc) is 2.08. The van der Waals surface area contributed by atoms with E-state index in [9.17, 15) is 4.79 Å². The fraction of sp³-hybridized carbons (Fsp3) is 0.364. The van der Waals surface area contributed by atoms with E-state index in [2.05, 4.69) is 0 Å². The molecule has 0 aliphatic heterocycles. The summed E-state index contributed by atoms with van der Waals surface area (Å²) < 4.78 is 0. The van der Waals surface area contributed by atoms with Crippen molar-refractivity contribution in [1.82, 2.24) is 0 Å². The third kappa shape index (κ3) is 1.62. The molecule has 1 aromatic carbocycles. The van der Waals surface area contributed by atoms with Gasteiger partial charge >= 0.3 is 0 Å². The van der Waals surface area contributed by atoms with Gasteiger partial charge in [-0.1, -0.05) is 35.7 Å². The molecule has 2 nitrogen and oxygen atoms in total. The molecule has 0 saturated heterocycles. The first kappa shape index (κ1) is 10.8. The van der Waals surface area contributed by atoms with Crippen LogP contribution in [0.15, 0.2) is 18.2 Å². The number of nitrogens with two attached hydrogens (primary N) is 1. The summed E-state index contributed by atoms with van der Waals surface area (Å²) in [5, 5.41) is 0.973. The number of hydrogen-bond donors (Lipinski definition) is 1. The summed E-state index contributed by atoms with van der Waals surface area (Å²) in [6.45, 7) is 0. The number of carbonyl (C=O) groups excluding carboxylic acids is 1. The molecule has 15 heavy (non-hydrogen) atoms. The van der Waals surface area contributed by atoms with Crippen molar-refractivity contribution in [1.29, 1.82) is 0 Å². The van der Waals surface area contributed by atoms with Crippen molar-refractivity contribution in [2.45, 2.75) is 24.7 Å². The van der Waals surface area contributed by atoms with Crippen LogP contribution in [0.3, 0.4) is 0 Å². The topological polar surface area (TPSA) is 43.1 Å². The molecule has 1 aromatic rings. The molecule has 1 fully saturated rings. The van der Waals surface area contributed by atoms with E-state index in [0.29, 0.717) is 10.0 Å². The van der Waals surface area contributed by atoms with Crippen molar-refractivity contribution in [2.24, 2.45) is 5.73 Å². The zero-order chi connectivity index (χ0) is 11.1. The fourth-order valence-corrected chi connectivity index (χ4v) is 2.30. The summed E-state index contributed by atoms with van der Waals surface area (Å²) in [7, 11) is 0. The highest BCUT2D eigenvalue weighted by atomic mass is 35.5. The Morgan fingerprint density at radius 1 is 1.27 bits per heavy atom. The Bertz CT molecular complexity index is 413. The first-order valence-electron chi connectivity index (χ1n) is 4.82. The van der Waals surface area contributed by atoms with E-state index in [0.717, 1.165) is 24.8 Å². The van der Waals surface area contributed by atoms with Crippen LogP contribution in [0.1, 0.15) is 24.8 Å². The second kappa shape index (κ2) is 3.69. The molecule has 4 heteroatoms. The van der Waals surface area contributed by atoms with Gasteiger partial charge in [0.1, 0.15) is 0 Å². The van der Waals surface area contributed by atoms with Crippen LogP contribution in [0.25, 0.3) is 0 Å². The zero-order valence-corrected chi connectivity index (χ0v) is 9.61. The highest BCUT2D eigenvalue weighted by Crippen LogP contribution is 2.44. The standard InChI is InChI=1S/C11H11Cl2NO/c12-8-3-2-7(6-9(8)13)11(10(14)15)4-1-5-11/h2-3,6H,1,4-5H2,(H2,14,15). The number of carbonyl (C=O) groups is 1. The number of halogens is 2. The lowest BCUT2D eigenvalue weighted by molar-refractivity contribution is -0.126. The average molecular weight is 244 g/mol. The Morgan fingerprint density at radius 2 is 1.93 bits per heavy atom. The summed E-state index contributed by atoms with van der Waals surface area (Å²) in [6.07, 6.45) is 2.64. The quantitative estimate of drug-likeness (QED) is 0.853. The summed E-state index contributed by atoms with van der Waals surface area (Å²) in [5.41, 5.74) is 5.82. The predicted molar refractivity (Wildman–Crippen MR) is 61.2 cm³/mol. The molecular weight excluding hydrogens is 233 g/mol. The van der Waals surface area contributed by atoms with Gasteiger partial charge in [0, 0.05) is 0 Å². The summed E-state index contributed by atoms with van der Waals surface area (Å²) in [5.74, 6) is -0.271. The molecule has 1 amide bonds. The number of amides is 1. The van der Waals surface area contributed by atoms with Gasteiger partial charge < -0.3 is 5.73 Å². The van der Waals surface area contributed by atoms with Gasteiger partial charge in [-0.3, -0.25) is 4.79 Å². The lowest BCUT2D eigenvalue weighted by Crippen LogP contribution is -2.46. The van der Waals surface area contributed by atoms with Crippen LogP contribution >= 0.6 is 23.2 Å². The van der Waals surface area contributed by atoms with Gasteiger partial charge in [0.2, 0.25) is 5.91 Å². The van der Waals surface area contributed by atoms with Gasteiger partial charge in [0.25, 0.3) is 0 Å². The number of hydrogen-bond acceptors (Lipinski definition) is 1. The van der Waals surface area contributed by atoms with Crippen LogP contribution in [-0.2, 0) is 10.2 Å². The highest BCUT2D eigenvalue weighted by Gasteiger charge is 2.44. The van der Waals surface area contributed by atoms with Crippen molar-refractivity contribution < 1.29 is 4.79 Å². The van der Waals surface area contributed by atoms with Crippen LogP contribution in [-0.4, -0.2) is 5.91 Å². The van der Waals surface area contributed by atoms with Crippen molar-refractivity contribution in [3.05, 3.63) is 33.8 Å². The molecular formula is C11H11Cl2NO. The Morgan fingerprint density at radius 3 is 2.33 bits per heavy atom. The van der Waals surface area contributed by atoms with Gasteiger partial charge in [-0.15, -0.1) is 0 Å². The predicted octanol–water partition coefficient (Wildman–Crippen LogP) is 2.90. The van der Waals surface area contributed by atoms with Gasteiger partial charge in [-0.05, 0) is 30.5 Å². The molecule has 0 bridgehead atoms. The first-order chi connectivity index (χ1) is 7.06. The molecule has 1 aliphatic carbocycles. The van der Waals surface area contributed by atoms with Crippen LogP contribution < -0.4 is 5.73 Å². The molecule has 2 N–H and O–H groups in total. The molecule has 1 aliphatic rings. The Hall–Kier alpha value is -0.730. The lowest BCUT2D eigenvalue weighted by atomic mass is 9.64. The first-order valence-corrected chi connectivity index (χ1v) is 5.57. The van der Waals surface area contributed by atoms with E-state index in [4.69, 9.17) is 28.9 Å². The summed E-state index contributed by atoms with van der Waals surface area (Å²) in [6, 6.07) is 5.29. The molecule has 2 rings (SSSR count). The van der Waals surface area contributed by atoms with Crippen molar-refractivity contribution >= 4 is 29.1 Å². The van der Waals surface area contributed by atoms with Crippen molar-refractivity contribution in [2.75, 3.05) is 0 Å². The largest absolute Gasteiger partial charge is 0.369 e. The fourth-order valence-electron chi connectivity index (χ4n) is 2.00. The van der Waals surface area contributed by atoms with Crippen LogP contribution in [0, 0.1) is 0 Å². The van der Waals surface area contributed by atoms with Gasteiger partial charge in [0.15, 0.2) is 0 Å². The van der Waals surface area contributed by atoms with E-state index in [1.165, 1.54) is 0 Å². The molecule has 1 saturated carbocycles. The van der Waals surface area contributed by atoms with E-state index >= 15 is 0 Å². The Labute approximate surface area is 98.4 Å². The van der Waals surface area contributed by atoms with E-state index in [1.807, 2.05) is 6.07 Å². The molecule has 0 atom stereocenters. The lowest BCUT2D eigenvalue weighted by Gasteiger charge is -2.39. The second-order valence-electron chi connectivity index (χ2n) is 3.93. The van der Waals surface area contributed by atoms with E-state index in [1.54, 1.807) is 12.1 Å². The molecule has 0 radical (unpaired) electrons. The Kier molecular flexibility index (Phi) is 2.65. The van der Waals surface area contributed by atoms with Gasteiger partial charge in [0.05, 0.1) is 15.5 Å². The highest BCUT2D eigenvalue weighted by molar-refractivity contribution is 6.42. The number of rotatable bonds is 2.